The SMILES string of the molecule is C#CC[C@H](NC(=O)[C@@H](Cc1ccc(F)cc1)NC(C)=O)C(=O)O. The van der Waals surface area contributed by atoms with Crippen LogP contribution in [0.1, 0.15) is 18.9 Å². The van der Waals surface area contributed by atoms with Gasteiger partial charge in [0.05, 0.1) is 0 Å². The van der Waals surface area contributed by atoms with E-state index in [1.165, 1.54) is 31.2 Å². The van der Waals surface area contributed by atoms with Crippen LogP contribution in [0.25, 0.3) is 0 Å². The van der Waals surface area contributed by atoms with Crippen molar-refractivity contribution in [2.45, 2.75) is 31.8 Å². The normalized spacial score (nSPS) is 12.6. The molecule has 6 nitrogen and oxygen atoms in total. The number of carbonyl (C=O) groups is 3. The molecule has 1 rings (SSSR count). The average Bonchev–Trinajstić information content (AvgIpc) is 2.47. The maximum Gasteiger partial charge on any atom is 0.327 e. The third-order valence-corrected chi connectivity index (χ3v) is 2.98. The van der Waals surface area contributed by atoms with Crippen LogP contribution in [-0.4, -0.2) is 35.0 Å². The number of aliphatic carboxylic acids is 1. The van der Waals surface area contributed by atoms with Crippen LogP contribution in [-0.2, 0) is 20.8 Å². The Kier molecular flexibility index (Phi) is 6.74. The number of hydrogen-bond donors (Lipinski definition) is 3. The molecule has 122 valence electrons. The van der Waals surface area contributed by atoms with Crippen LogP contribution in [0.5, 0.6) is 0 Å². The highest BCUT2D eigenvalue weighted by Crippen LogP contribution is 2.07. The van der Waals surface area contributed by atoms with E-state index in [-0.39, 0.29) is 12.8 Å². The third-order valence-electron chi connectivity index (χ3n) is 2.98. The molecule has 0 saturated carbocycles. The summed E-state index contributed by atoms with van der Waals surface area (Å²) < 4.78 is 12.9. The van der Waals surface area contributed by atoms with Crippen molar-refractivity contribution in [1.82, 2.24) is 10.6 Å². The van der Waals surface area contributed by atoms with E-state index in [2.05, 4.69) is 16.6 Å². The molecule has 0 heterocycles. The summed E-state index contributed by atoms with van der Waals surface area (Å²) >= 11 is 0. The van der Waals surface area contributed by atoms with E-state index in [4.69, 9.17) is 11.5 Å². The summed E-state index contributed by atoms with van der Waals surface area (Å²) in [5.74, 6) is -0.643. The first-order chi connectivity index (χ1) is 10.8. The van der Waals surface area contributed by atoms with Crippen LogP contribution < -0.4 is 10.6 Å². The Morgan fingerprint density at radius 2 is 1.83 bits per heavy atom. The third kappa shape index (κ3) is 6.18. The lowest BCUT2D eigenvalue weighted by molar-refractivity contribution is -0.142. The van der Waals surface area contributed by atoms with E-state index in [1.54, 1.807) is 0 Å². The first-order valence-electron chi connectivity index (χ1n) is 6.81. The fourth-order valence-corrected chi connectivity index (χ4v) is 1.90. The number of amides is 2. The van der Waals surface area contributed by atoms with Crippen LogP contribution in [0.15, 0.2) is 24.3 Å². The minimum atomic E-state index is -1.26. The summed E-state index contributed by atoms with van der Waals surface area (Å²) in [7, 11) is 0. The molecular weight excluding hydrogens is 303 g/mol. The summed E-state index contributed by atoms with van der Waals surface area (Å²) in [6, 6.07) is 3.20. The maximum atomic E-state index is 12.9. The fourth-order valence-electron chi connectivity index (χ4n) is 1.90. The number of carboxylic acids is 1. The number of terminal acetylenes is 1. The van der Waals surface area contributed by atoms with Crippen LogP contribution in [0.3, 0.4) is 0 Å². The van der Waals surface area contributed by atoms with Crippen molar-refractivity contribution in [3.8, 4) is 12.3 Å². The zero-order valence-electron chi connectivity index (χ0n) is 12.5. The standard InChI is InChI=1S/C16H17FN2O4/c1-3-4-13(16(22)23)19-15(21)14(18-10(2)20)9-11-5-7-12(17)8-6-11/h1,5-8,13-14H,4,9H2,2H3,(H,18,20)(H,19,21)(H,22,23)/t13-,14+/m0/s1. The van der Waals surface area contributed by atoms with Crippen molar-refractivity contribution in [2.24, 2.45) is 0 Å². The number of halogens is 1. The monoisotopic (exact) mass is 320 g/mol. The number of carbonyl (C=O) groups excluding carboxylic acids is 2. The molecule has 0 saturated heterocycles. The van der Waals surface area contributed by atoms with Gasteiger partial charge < -0.3 is 15.7 Å². The topological polar surface area (TPSA) is 95.5 Å². The van der Waals surface area contributed by atoms with Gasteiger partial charge in [-0.3, -0.25) is 9.59 Å². The van der Waals surface area contributed by atoms with Gasteiger partial charge in [-0.05, 0) is 17.7 Å². The van der Waals surface area contributed by atoms with E-state index < -0.39 is 35.7 Å². The molecular formula is C16H17FN2O4. The van der Waals surface area contributed by atoms with Crippen LogP contribution >= 0.6 is 0 Å². The predicted octanol–water partition coefficient (Wildman–Crippen LogP) is 0.466. The highest BCUT2D eigenvalue weighted by atomic mass is 19.1. The van der Waals surface area contributed by atoms with Crippen molar-refractivity contribution < 1.29 is 23.9 Å². The van der Waals surface area contributed by atoms with Crippen molar-refractivity contribution in [3.63, 3.8) is 0 Å². The smallest absolute Gasteiger partial charge is 0.327 e. The highest BCUT2D eigenvalue weighted by Gasteiger charge is 2.25. The van der Waals surface area contributed by atoms with Gasteiger partial charge in [0.15, 0.2) is 0 Å². The average molecular weight is 320 g/mol. The molecule has 0 bridgehead atoms. The van der Waals surface area contributed by atoms with Gasteiger partial charge in [-0.1, -0.05) is 12.1 Å². The number of carboxylic acid groups (broad SMARTS) is 1. The molecule has 0 aliphatic heterocycles. The lowest BCUT2D eigenvalue weighted by atomic mass is 10.0. The summed E-state index contributed by atoms with van der Waals surface area (Å²) in [6.45, 7) is 1.24. The van der Waals surface area contributed by atoms with Gasteiger partial charge in [-0.2, -0.15) is 0 Å². The lowest BCUT2D eigenvalue weighted by Gasteiger charge is -2.20. The second-order valence-corrected chi connectivity index (χ2v) is 4.89. The van der Waals surface area contributed by atoms with Gasteiger partial charge in [-0.25, -0.2) is 9.18 Å². The molecule has 2 amide bonds. The maximum absolute atomic E-state index is 12.9. The van der Waals surface area contributed by atoms with Crippen molar-refractivity contribution in [1.29, 1.82) is 0 Å². The number of rotatable bonds is 7. The molecule has 0 fully saturated rings. The lowest BCUT2D eigenvalue weighted by Crippen LogP contribution is -2.52. The van der Waals surface area contributed by atoms with E-state index >= 15 is 0 Å². The Morgan fingerprint density at radius 1 is 1.22 bits per heavy atom. The van der Waals surface area contributed by atoms with E-state index in [1.807, 2.05) is 0 Å². The second-order valence-electron chi connectivity index (χ2n) is 4.89. The molecule has 3 N–H and O–H groups in total. The van der Waals surface area contributed by atoms with Crippen molar-refractivity contribution in [2.75, 3.05) is 0 Å². The molecule has 23 heavy (non-hydrogen) atoms. The van der Waals surface area contributed by atoms with E-state index in [0.717, 1.165) is 0 Å². The molecule has 0 aliphatic carbocycles. The molecule has 7 heteroatoms. The molecule has 1 aromatic carbocycles. The molecule has 2 atom stereocenters. The Morgan fingerprint density at radius 3 is 2.30 bits per heavy atom. The minimum Gasteiger partial charge on any atom is -0.480 e. The number of hydrogen-bond acceptors (Lipinski definition) is 3. The molecule has 1 aromatic rings. The molecule has 0 aliphatic rings. The molecule has 0 spiro atoms. The highest BCUT2D eigenvalue weighted by molar-refractivity contribution is 5.90. The van der Waals surface area contributed by atoms with E-state index in [9.17, 15) is 18.8 Å². The van der Waals surface area contributed by atoms with Gasteiger partial charge >= 0.3 is 5.97 Å². The number of benzene rings is 1. The Balaban J connectivity index is 2.85. The summed E-state index contributed by atoms with van der Waals surface area (Å²) in [5, 5.41) is 13.7. The second kappa shape index (κ2) is 8.54. The Hall–Kier alpha value is -2.88. The van der Waals surface area contributed by atoms with Gasteiger partial charge in [0.1, 0.15) is 17.9 Å². The summed E-state index contributed by atoms with van der Waals surface area (Å²) in [4.78, 5) is 34.5. The first kappa shape index (κ1) is 18.2. The van der Waals surface area contributed by atoms with Gasteiger partial charge in [0.25, 0.3) is 0 Å². The molecule has 0 radical (unpaired) electrons. The van der Waals surface area contributed by atoms with Crippen molar-refractivity contribution in [3.05, 3.63) is 35.6 Å². The fraction of sp³-hybridized carbons (Fsp3) is 0.312. The number of nitrogens with one attached hydrogen (secondary N) is 2. The Bertz CT molecular complexity index is 622. The van der Waals surface area contributed by atoms with Gasteiger partial charge in [-0.15, -0.1) is 12.3 Å². The van der Waals surface area contributed by atoms with Crippen LogP contribution in [0.4, 0.5) is 4.39 Å². The summed E-state index contributed by atoms with van der Waals surface area (Å²) in [5.41, 5.74) is 0.615. The Labute approximate surface area is 133 Å². The largest absolute Gasteiger partial charge is 0.480 e. The van der Waals surface area contributed by atoms with Gasteiger partial charge in [0, 0.05) is 19.8 Å². The van der Waals surface area contributed by atoms with Gasteiger partial charge in [0.2, 0.25) is 11.8 Å². The first-order valence-corrected chi connectivity index (χ1v) is 6.81. The summed E-state index contributed by atoms with van der Waals surface area (Å²) in [6.07, 6.45) is 4.98. The van der Waals surface area contributed by atoms with Crippen LogP contribution in [0.2, 0.25) is 0 Å². The predicted molar refractivity (Wildman–Crippen MR) is 80.7 cm³/mol. The molecule has 0 aromatic heterocycles. The zero-order valence-corrected chi connectivity index (χ0v) is 12.5. The zero-order chi connectivity index (χ0) is 17.4. The minimum absolute atomic E-state index is 0.0914. The van der Waals surface area contributed by atoms with Crippen molar-refractivity contribution >= 4 is 17.8 Å². The quantitative estimate of drug-likeness (QED) is 0.636. The van der Waals surface area contributed by atoms with Crippen LogP contribution in [0, 0.1) is 18.2 Å². The van der Waals surface area contributed by atoms with E-state index in [0.29, 0.717) is 5.56 Å². The molecule has 0 unspecified atom stereocenters.